The average molecular weight is 807 g/mol. The molecule has 1 fully saturated rings. The zero-order valence-corrected chi connectivity index (χ0v) is 31.8. The van der Waals surface area contributed by atoms with Crippen molar-refractivity contribution in [2.24, 2.45) is 28.1 Å². The molecular weight excluding hydrogens is 752 g/mol. The van der Waals surface area contributed by atoms with Gasteiger partial charge in [-0.25, -0.2) is 4.79 Å². The number of likely N-dealkylation sites (tertiary alicyclic amines) is 1. The maximum Gasteiger partial charge on any atom is 0.328 e. The normalized spacial score (nSPS) is 16.2. The van der Waals surface area contributed by atoms with Gasteiger partial charge in [0.05, 0.1) is 25.6 Å². The first kappa shape index (κ1) is 47.1. The lowest BCUT2D eigenvalue weighted by Crippen LogP contribution is -2.58. The first-order valence-corrected chi connectivity index (χ1v) is 18.3. The fourth-order valence-corrected chi connectivity index (χ4v) is 5.86. The molecule has 15 N–H and O–H groups in total. The summed E-state index contributed by atoms with van der Waals surface area (Å²) in [5.74, 6) is -8.41. The Morgan fingerprint density at radius 1 is 0.877 bits per heavy atom. The van der Waals surface area contributed by atoms with Crippen LogP contribution in [0.2, 0.25) is 0 Å². The van der Waals surface area contributed by atoms with Crippen molar-refractivity contribution < 1.29 is 58.8 Å². The topological polar surface area (TPSA) is 371 Å². The first-order chi connectivity index (χ1) is 26.8. The van der Waals surface area contributed by atoms with Gasteiger partial charge in [0.1, 0.15) is 36.0 Å². The maximum absolute atomic E-state index is 13.5. The van der Waals surface area contributed by atoms with Crippen molar-refractivity contribution >= 4 is 53.3 Å². The SMILES string of the molecule is CC(C)C[C@H](NC(=O)[C@@H]1CCCN1C(=O)[C@@H](N)CCCN=C(N)N)C(=O)NCC(=O)N[C@@H](Cc1ccc(O)cc1)C(=O)N[C@@H](CC(=O)O)C(=O)N[C@@H](CO)C(=O)O. The lowest BCUT2D eigenvalue weighted by Gasteiger charge is -2.28. The summed E-state index contributed by atoms with van der Waals surface area (Å²) in [6, 6.07) is -2.57. The molecule has 0 radical (unpaired) electrons. The predicted molar refractivity (Wildman–Crippen MR) is 202 cm³/mol. The smallest absolute Gasteiger partial charge is 0.328 e. The quantitative estimate of drug-likeness (QED) is 0.0285. The van der Waals surface area contributed by atoms with Crippen LogP contribution in [0.25, 0.3) is 0 Å². The van der Waals surface area contributed by atoms with E-state index < -0.39 is 103 Å². The summed E-state index contributed by atoms with van der Waals surface area (Å²) in [4.78, 5) is 107. The second kappa shape index (κ2) is 23.1. The van der Waals surface area contributed by atoms with Crippen LogP contribution in [-0.2, 0) is 44.8 Å². The molecule has 22 heteroatoms. The number of aliphatic imine (C=N–C) groups is 1. The number of hydrogen-bond acceptors (Lipinski definition) is 12. The largest absolute Gasteiger partial charge is 0.508 e. The summed E-state index contributed by atoms with van der Waals surface area (Å²) in [6.45, 7) is 2.45. The van der Waals surface area contributed by atoms with Crippen molar-refractivity contribution in [2.75, 3.05) is 26.2 Å². The fourth-order valence-electron chi connectivity index (χ4n) is 5.86. The summed E-state index contributed by atoms with van der Waals surface area (Å²) >= 11 is 0. The Kier molecular flexibility index (Phi) is 19.1. The summed E-state index contributed by atoms with van der Waals surface area (Å²) in [5.41, 5.74) is 17.2. The van der Waals surface area contributed by atoms with Gasteiger partial charge >= 0.3 is 11.9 Å². The van der Waals surface area contributed by atoms with Crippen molar-refractivity contribution in [2.45, 2.75) is 95.0 Å². The number of aliphatic hydroxyl groups is 1. The zero-order chi connectivity index (χ0) is 42.8. The lowest BCUT2D eigenvalue weighted by molar-refractivity contribution is -0.144. The van der Waals surface area contributed by atoms with Crippen LogP contribution in [0.1, 0.15) is 57.9 Å². The number of carboxylic acids is 2. The van der Waals surface area contributed by atoms with E-state index in [0.29, 0.717) is 24.8 Å². The molecule has 1 heterocycles. The van der Waals surface area contributed by atoms with Gasteiger partial charge in [-0.2, -0.15) is 0 Å². The number of hydrogen-bond donors (Lipinski definition) is 12. The number of aromatic hydroxyl groups is 1. The summed E-state index contributed by atoms with van der Waals surface area (Å²) in [5, 5.41) is 49.1. The van der Waals surface area contributed by atoms with Crippen LogP contribution < -0.4 is 43.8 Å². The summed E-state index contributed by atoms with van der Waals surface area (Å²) < 4.78 is 0. The number of guanidine groups is 1. The van der Waals surface area contributed by atoms with E-state index in [4.69, 9.17) is 22.3 Å². The van der Waals surface area contributed by atoms with Gasteiger partial charge < -0.3 is 69.1 Å². The van der Waals surface area contributed by atoms with E-state index in [1.807, 2.05) is 19.2 Å². The highest BCUT2D eigenvalue weighted by Crippen LogP contribution is 2.20. The standard InChI is InChI=1S/C35H54N10O12/c1-18(2)13-22(43-32(54)26-6-4-12-45(26)33(55)21(36)5-3-11-39-35(37)38)29(51)40-16-27(48)41-23(14-19-7-9-20(47)10-8-19)30(52)42-24(15-28(49)50)31(53)44-25(17-46)34(56)57/h7-10,18,21-26,46-47H,3-6,11-17,36H2,1-2H3,(H,40,51)(H,41,48)(H,42,52)(H,43,54)(H,44,53)(H,49,50)(H,56,57)(H4,37,38,39)/t21-,22-,23-,24-,25-,26-/m0/s1. The molecule has 6 amide bonds. The molecule has 6 atom stereocenters. The number of aliphatic hydroxyl groups excluding tert-OH is 1. The number of carbonyl (C=O) groups excluding carboxylic acids is 6. The van der Waals surface area contributed by atoms with Crippen molar-refractivity contribution in [1.82, 2.24) is 31.5 Å². The van der Waals surface area contributed by atoms with Crippen molar-refractivity contribution in [3.8, 4) is 5.75 Å². The highest BCUT2D eigenvalue weighted by Gasteiger charge is 2.38. The molecule has 1 aliphatic rings. The van der Waals surface area contributed by atoms with Crippen LogP contribution >= 0.6 is 0 Å². The molecule has 0 saturated carbocycles. The first-order valence-electron chi connectivity index (χ1n) is 18.3. The molecular formula is C35H54N10O12. The van der Waals surface area contributed by atoms with Crippen LogP contribution in [0, 0.1) is 5.92 Å². The van der Waals surface area contributed by atoms with Gasteiger partial charge in [0.25, 0.3) is 0 Å². The minimum Gasteiger partial charge on any atom is -0.508 e. The maximum atomic E-state index is 13.5. The van der Waals surface area contributed by atoms with Crippen LogP contribution in [-0.4, -0.2) is 141 Å². The molecule has 0 aromatic heterocycles. The number of phenols is 1. The van der Waals surface area contributed by atoms with Crippen molar-refractivity contribution in [1.29, 1.82) is 0 Å². The molecule has 1 aromatic rings. The van der Waals surface area contributed by atoms with Gasteiger partial charge in [0.2, 0.25) is 35.4 Å². The Hall–Kier alpha value is -6.03. The number of phenolic OH excluding ortho intramolecular Hbond substituents is 1. The number of carbonyl (C=O) groups is 8. The molecule has 0 spiro atoms. The van der Waals surface area contributed by atoms with Crippen LogP contribution in [0.4, 0.5) is 0 Å². The predicted octanol–water partition coefficient (Wildman–Crippen LogP) is -4.04. The molecule has 57 heavy (non-hydrogen) atoms. The van der Waals surface area contributed by atoms with E-state index in [1.165, 1.54) is 29.2 Å². The number of nitrogens with two attached hydrogens (primary N) is 3. The van der Waals surface area contributed by atoms with Gasteiger partial charge in [0, 0.05) is 19.5 Å². The van der Waals surface area contributed by atoms with Crippen LogP contribution in [0.3, 0.4) is 0 Å². The molecule has 316 valence electrons. The van der Waals surface area contributed by atoms with Gasteiger partial charge in [-0.1, -0.05) is 26.0 Å². The monoisotopic (exact) mass is 806 g/mol. The van der Waals surface area contributed by atoms with Gasteiger partial charge in [0.15, 0.2) is 5.96 Å². The second-order valence-electron chi connectivity index (χ2n) is 13.9. The van der Waals surface area contributed by atoms with E-state index in [9.17, 15) is 53.7 Å². The number of benzene rings is 1. The molecule has 1 aliphatic heterocycles. The van der Waals surface area contributed by atoms with Gasteiger partial charge in [-0.15, -0.1) is 0 Å². The Morgan fingerprint density at radius 2 is 1.51 bits per heavy atom. The molecule has 1 saturated heterocycles. The summed E-state index contributed by atoms with van der Waals surface area (Å²) in [6.07, 6.45) is 0.482. The van der Waals surface area contributed by atoms with Gasteiger partial charge in [-0.05, 0) is 55.7 Å². The van der Waals surface area contributed by atoms with Gasteiger partial charge in [-0.3, -0.25) is 38.6 Å². The highest BCUT2D eigenvalue weighted by molar-refractivity contribution is 5.97. The third kappa shape index (κ3) is 16.3. The van der Waals surface area contributed by atoms with E-state index in [1.54, 1.807) is 0 Å². The lowest BCUT2D eigenvalue weighted by atomic mass is 10.0. The fraction of sp³-hybridized carbons (Fsp3) is 0.571. The molecule has 0 bridgehead atoms. The molecule has 2 rings (SSSR count). The number of rotatable bonds is 23. The minimum absolute atomic E-state index is 0.0877. The zero-order valence-electron chi connectivity index (χ0n) is 31.8. The Balaban J connectivity index is 2.16. The minimum atomic E-state index is -1.83. The Bertz CT molecular complexity index is 1620. The van der Waals surface area contributed by atoms with E-state index in [2.05, 4.69) is 26.3 Å². The molecule has 22 nitrogen and oxygen atoms in total. The number of nitrogens with one attached hydrogen (secondary N) is 5. The third-order valence-corrected chi connectivity index (χ3v) is 8.72. The van der Waals surface area contributed by atoms with Crippen LogP contribution in [0.15, 0.2) is 29.3 Å². The highest BCUT2D eigenvalue weighted by atomic mass is 16.4. The number of nitrogens with zero attached hydrogens (tertiary/aromatic N) is 2. The average Bonchev–Trinajstić information content (AvgIpc) is 3.64. The number of amides is 6. The second-order valence-corrected chi connectivity index (χ2v) is 13.9. The van der Waals surface area contributed by atoms with Crippen LogP contribution in [0.5, 0.6) is 5.75 Å². The van der Waals surface area contributed by atoms with Crippen molar-refractivity contribution in [3.63, 3.8) is 0 Å². The Labute approximate surface area is 328 Å². The summed E-state index contributed by atoms with van der Waals surface area (Å²) in [7, 11) is 0. The third-order valence-electron chi connectivity index (χ3n) is 8.72. The van der Waals surface area contributed by atoms with E-state index in [0.717, 1.165) is 0 Å². The number of carboxylic acid groups (broad SMARTS) is 2. The van der Waals surface area contributed by atoms with Crippen molar-refractivity contribution in [3.05, 3.63) is 29.8 Å². The number of aliphatic carboxylic acids is 2. The Morgan fingerprint density at radius 3 is 2.09 bits per heavy atom. The van der Waals surface area contributed by atoms with E-state index in [-0.39, 0.29) is 50.0 Å². The molecule has 1 aromatic carbocycles. The molecule has 0 aliphatic carbocycles. The van der Waals surface area contributed by atoms with E-state index >= 15 is 0 Å². The molecule has 0 unspecified atom stereocenters.